The van der Waals surface area contributed by atoms with Crippen LogP contribution in [-0.2, 0) is 4.79 Å². The molecular formula is C15H20O3. The number of benzene rings is 1. The summed E-state index contributed by atoms with van der Waals surface area (Å²) in [6.07, 6.45) is 1.52. The second-order valence-corrected chi connectivity index (χ2v) is 5.08. The van der Waals surface area contributed by atoms with Gasteiger partial charge in [-0.2, -0.15) is 0 Å². The molecule has 18 heavy (non-hydrogen) atoms. The van der Waals surface area contributed by atoms with Gasteiger partial charge in [-0.1, -0.05) is 20.8 Å². The molecule has 3 heteroatoms. The van der Waals surface area contributed by atoms with Crippen LogP contribution in [0.2, 0.25) is 0 Å². The summed E-state index contributed by atoms with van der Waals surface area (Å²) in [7, 11) is 0. The van der Waals surface area contributed by atoms with Crippen molar-refractivity contribution < 1.29 is 14.3 Å². The average Bonchev–Trinajstić information content (AvgIpc) is 2.37. The van der Waals surface area contributed by atoms with Crippen molar-refractivity contribution in [2.24, 2.45) is 0 Å². The Hall–Kier alpha value is -1.51. The lowest BCUT2D eigenvalue weighted by Gasteiger charge is -2.24. The summed E-state index contributed by atoms with van der Waals surface area (Å²) in [6.45, 7) is 7.58. The number of carbonyl (C=O) groups excluding carboxylic acids is 1. The van der Waals surface area contributed by atoms with Crippen LogP contribution in [0.25, 0.3) is 0 Å². The molecule has 0 fully saturated rings. The number of ether oxygens (including phenoxy) is 2. The Kier molecular flexibility index (Phi) is 3.90. The Balaban J connectivity index is 2.45. The van der Waals surface area contributed by atoms with Crippen molar-refractivity contribution in [2.45, 2.75) is 39.0 Å². The number of aldehydes is 1. The highest BCUT2D eigenvalue weighted by atomic mass is 16.6. The molecule has 0 spiro atoms. The van der Waals surface area contributed by atoms with E-state index < -0.39 is 0 Å². The monoisotopic (exact) mass is 248 g/mol. The van der Waals surface area contributed by atoms with Gasteiger partial charge in [0.05, 0.1) is 0 Å². The molecule has 3 nitrogen and oxygen atoms in total. The van der Waals surface area contributed by atoms with E-state index in [9.17, 15) is 4.79 Å². The first-order chi connectivity index (χ1) is 8.63. The van der Waals surface area contributed by atoms with Gasteiger partial charge in [0.1, 0.15) is 19.5 Å². The lowest BCUT2D eigenvalue weighted by Crippen LogP contribution is -2.16. The lowest BCUT2D eigenvalue weighted by molar-refractivity contribution is -0.108. The molecule has 1 atom stereocenters. The van der Waals surface area contributed by atoms with E-state index in [0.717, 1.165) is 17.8 Å². The van der Waals surface area contributed by atoms with Crippen LogP contribution < -0.4 is 9.47 Å². The highest BCUT2D eigenvalue weighted by Gasteiger charge is 2.20. The molecule has 0 aliphatic carbocycles. The molecule has 1 aromatic carbocycles. The van der Waals surface area contributed by atoms with Crippen molar-refractivity contribution in [2.75, 3.05) is 13.2 Å². The molecule has 0 saturated carbocycles. The van der Waals surface area contributed by atoms with E-state index in [1.165, 1.54) is 11.1 Å². The summed E-state index contributed by atoms with van der Waals surface area (Å²) >= 11 is 0. The van der Waals surface area contributed by atoms with Gasteiger partial charge in [0, 0.05) is 6.42 Å². The molecule has 0 aromatic heterocycles. The van der Waals surface area contributed by atoms with Gasteiger partial charge in [-0.3, -0.25) is 0 Å². The summed E-state index contributed by atoms with van der Waals surface area (Å²) < 4.78 is 11.2. The second-order valence-electron chi connectivity index (χ2n) is 5.08. The van der Waals surface area contributed by atoms with Crippen LogP contribution in [0.4, 0.5) is 0 Å². The van der Waals surface area contributed by atoms with Gasteiger partial charge in [0.25, 0.3) is 0 Å². The van der Waals surface area contributed by atoms with Crippen molar-refractivity contribution in [3.05, 3.63) is 23.3 Å². The molecule has 2 rings (SSSR count). The molecule has 0 amide bonds. The molecule has 1 aromatic rings. The largest absolute Gasteiger partial charge is 0.486 e. The maximum absolute atomic E-state index is 10.7. The zero-order valence-electron chi connectivity index (χ0n) is 11.2. The summed E-state index contributed by atoms with van der Waals surface area (Å²) in [5, 5.41) is 0. The minimum absolute atomic E-state index is 0.218. The molecule has 0 N–H and O–H groups in total. The topological polar surface area (TPSA) is 35.5 Å². The summed E-state index contributed by atoms with van der Waals surface area (Å²) in [6, 6.07) is 4.10. The number of carbonyl (C=O) groups is 1. The number of hydrogen-bond donors (Lipinski definition) is 0. The maximum atomic E-state index is 10.7. The Morgan fingerprint density at radius 2 is 1.67 bits per heavy atom. The number of rotatable bonds is 4. The fraction of sp³-hybridized carbons (Fsp3) is 0.533. The molecule has 0 radical (unpaired) electrons. The van der Waals surface area contributed by atoms with Gasteiger partial charge in [0.15, 0.2) is 11.5 Å². The van der Waals surface area contributed by atoms with Crippen LogP contribution in [0.5, 0.6) is 11.5 Å². The fourth-order valence-electron chi connectivity index (χ4n) is 2.32. The first kappa shape index (κ1) is 12.9. The number of fused-ring (bicyclic) bond motifs is 1. The predicted octanol–water partition coefficient (Wildman–Crippen LogP) is 3.27. The summed E-state index contributed by atoms with van der Waals surface area (Å²) in [5.41, 5.74) is 2.44. The van der Waals surface area contributed by atoms with Crippen LogP contribution >= 0.6 is 0 Å². The zero-order chi connectivity index (χ0) is 13.1. The SMILES string of the molecule is CC(C)c1cc2c(cc1C(C)CC=O)OCCO2. The Morgan fingerprint density at radius 1 is 1.11 bits per heavy atom. The van der Waals surface area contributed by atoms with E-state index in [0.29, 0.717) is 25.6 Å². The molecule has 0 bridgehead atoms. The van der Waals surface area contributed by atoms with E-state index in [1.807, 2.05) is 6.07 Å². The van der Waals surface area contributed by atoms with Gasteiger partial charge >= 0.3 is 0 Å². The third-order valence-corrected chi connectivity index (χ3v) is 3.35. The number of hydrogen-bond acceptors (Lipinski definition) is 3. The molecular weight excluding hydrogens is 228 g/mol. The Bertz CT molecular complexity index is 438. The molecule has 1 heterocycles. The quantitative estimate of drug-likeness (QED) is 0.767. The minimum Gasteiger partial charge on any atom is -0.486 e. The zero-order valence-corrected chi connectivity index (χ0v) is 11.2. The normalized spacial score (nSPS) is 15.6. The van der Waals surface area contributed by atoms with Crippen LogP contribution in [-0.4, -0.2) is 19.5 Å². The fourth-order valence-corrected chi connectivity index (χ4v) is 2.32. The third-order valence-electron chi connectivity index (χ3n) is 3.35. The van der Waals surface area contributed by atoms with Crippen molar-refractivity contribution in [1.29, 1.82) is 0 Å². The van der Waals surface area contributed by atoms with E-state index in [1.54, 1.807) is 0 Å². The van der Waals surface area contributed by atoms with Gasteiger partial charge < -0.3 is 14.3 Å². The van der Waals surface area contributed by atoms with Crippen LogP contribution in [0.15, 0.2) is 12.1 Å². The highest BCUT2D eigenvalue weighted by Crippen LogP contribution is 2.39. The van der Waals surface area contributed by atoms with E-state index in [4.69, 9.17) is 9.47 Å². The molecule has 1 aliphatic heterocycles. The average molecular weight is 248 g/mol. The van der Waals surface area contributed by atoms with E-state index >= 15 is 0 Å². The van der Waals surface area contributed by atoms with Gasteiger partial charge in [-0.05, 0) is 35.1 Å². The Morgan fingerprint density at radius 3 is 2.17 bits per heavy atom. The molecule has 1 aliphatic rings. The second kappa shape index (κ2) is 5.42. The van der Waals surface area contributed by atoms with Crippen LogP contribution in [0, 0.1) is 0 Å². The van der Waals surface area contributed by atoms with Crippen molar-refractivity contribution in [3.8, 4) is 11.5 Å². The summed E-state index contributed by atoms with van der Waals surface area (Å²) in [4.78, 5) is 10.7. The predicted molar refractivity (Wildman–Crippen MR) is 70.6 cm³/mol. The van der Waals surface area contributed by atoms with Crippen molar-refractivity contribution in [1.82, 2.24) is 0 Å². The molecule has 1 unspecified atom stereocenters. The van der Waals surface area contributed by atoms with E-state index in [-0.39, 0.29) is 5.92 Å². The molecule has 0 saturated heterocycles. The molecule has 98 valence electrons. The van der Waals surface area contributed by atoms with Crippen molar-refractivity contribution >= 4 is 6.29 Å². The highest BCUT2D eigenvalue weighted by molar-refractivity contribution is 5.55. The Labute approximate surface area is 108 Å². The first-order valence-corrected chi connectivity index (χ1v) is 6.50. The third kappa shape index (κ3) is 2.50. The van der Waals surface area contributed by atoms with Gasteiger partial charge in [-0.25, -0.2) is 0 Å². The minimum atomic E-state index is 0.218. The van der Waals surface area contributed by atoms with Crippen LogP contribution in [0.3, 0.4) is 0 Å². The summed E-state index contributed by atoms with van der Waals surface area (Å²) in [5.74, 6) is 2.26. The first-order valence-electron chi connectivity index (χ1n) is 6.50. The standard InChI is InChI=1S/C15H20O3/c1-10(2)12-8-14-15(18-7-6-17-14)9-13(12)11(3)4-5-16/h5,8-11H,4,6-7H2,1-3H3. The van der Waals surface area contributed by atoms with Crippen LogP contribution in [0.1, 0.15) is 50.2 Å². The van der Waals surface area contributed by atoms with E-state index in [2.05, 4.69) is 26.8 Å². The lowest BCUT2D eigenvalue weighted by atomic mass is 9.88. The van der Waals surface area contributed by atoms with Crippen molar-refractivity contribution in [3.63, 3.8) is 0 Å². The maximum Gasteiger partial charge on any atom is 0.161 e. The van der Waals surface area contributed by atoms with Gasteiger partial charge in [0.2, 0.25) is 0 Å². The van der Waals surface area contributed by atoms with Gasteiger partial charge in [-0.15, -0.1) is 0 Å². The smallest absolute Gasteiger partial charge is 0.161 e.